The minimum atomic E-state index is -3.86. The van der Waals surface area contributed by atoms with Crippen molar-refractivity contribution in [3.05, 3.63) is 95.1 Å². The van der Waals surface area contributed by atoms with Crippen LogP contribution in [-0.2, 0) is 10.0 Å². The smallest absolute Gasteiger partial charge is 0.199 e. The molecule has 4 rings (SSSR count). The van der Waals surface area contributed by atoms with Crippen molar-refractivity contribution in [3.8, 4) is 11.3 Å². The van der Waals surface area contributed by atoms with Gasteiger partial charge in [-0.3, -0.25) is 0 Å². The molecule has 0 unspecified atom stereocenters. The van der Waals surface area contributed by atoms with E-state index >= 15 is 0 Å². The van der Waals surface area contributed by atoms with Crippen LogP contribution in [0.15, 0.2) is 104 Å². The summed E-state index contributed by atoms with van der Waals surface area (Å²) in [6.07, 6.45) is 0. The van der Waals surface area contributed by atoms with E-state index in [0.29, 0.717) is 11.4 Å². The zero-order valence-electron chi connectivity index (χ0n) is 15.5. The monoisotopic (exact) mass is 484 g/mol. The van der Waals surface area contributed by atoms with E-state index in [9.17, 15) is 8.42 Å². The number of hydrogen-bond acceptors (Lipinski definition) is 4. The molecule has 0 saturated carbocycles. The Balaban J connectivity index is 1.93. The van der Waals surface area contributed by atoms with Crippen LogP contribution in [-0.4, -0.2) is 17.6 Å². The molecule has 0 atom stereocenters. The maximum Gasteiger partial charge on any atom is 0.283 e. The molecule has 1 heterocycles. The third-order valence-electron chi connectivity index (χ3n) is 4.33. The van der Waals surface area contributed by atoms with E-state index in [1.807, 2.05) is 67.6 Å². The molecule has 146 valence electrons. The van der Waals surface area contributed by atoms with Crippen LogP contribution in [0.4, 0.5) is 0 Å². The molecular formula is C22H17BrN2O2S2. The van der Waals surface area contributed by atoms with Crippen LogP contribution in [0.5, 0.6) is 0 Å². The molecule has 0 aliphatic carbocycles. The van der Waals surface area contributed by atoms with Gasteiger partial charge in [-0.1, -0.05) is 76.2 Å². The molecule has 0 bridgehead atoms. The fourth-order valence-electron chi connectivity index (χ4n) is 2.94. The van der Waals surface area contributed by atoms with Gasteiger partial charge in [0.2, 0.25) is 0 Å². The van der Waals surface area contributed by atoms with Crippen molar-refractivity contribution in [2.24, 2.45) is 0 Å². The number of rotatable bonds is 5. The quantitative estimate of drug-likeness (QED) is 0.348. The lowest BCUT2D eigenvalue weighted by molar-refractivity contribution is 0.580. The Kier molecular flexibility index (Phi) is 5.63. The van der Waals surface area contributed by atoms with Crippen LogP contribution in [0.3, 0.4) is 0 Å². The Morgan fingerprint density at radius 1 is 0.862 bits per heavy atom. The zero-order chi connectivity index (χ0) is 20.4. The second-order valence-corrected chi connectivity index (χ2v) is 10.1. The van der Waals surface area contributed by atoms with Gasteiger partial charge in [-0.05, 0) is 43.3 Å². The predicted molar refractivity (Wildman–Crippen MR) is 120 cm³/mol. The summed E-state index contributed by atoms with van der Waals surface area (Å²) in [6, 6.07) is 26.0. The first-order valence-electron chi connectivity index (χ1n) is 8.86. The Hall–Kier alpha value is -2.35. The summed E-state index contributed by atoms with van der Waals surface area (Å²) < 4.78 is 28.8. The van der Waals surface area contributed by atoms with Gasteiger partial charge in [0.05, 0.1) is 15.5 Å². The Morgan fingerprint density at radius 2 is 1.45 bits per heavy atom. The largest absolute Gasteiger partial charge is 0.283 e. The number of nitrogens with zero attached hydrogens (tertiary/aromatic N) is 2. The molecule has 0 aliphatic rings. The average Bonchev–Trinajstić information content (AvgIpc) is 3.07. The number of hydrogen-bond donors (Lipinski definition) is 0. The van der Waals surface area contributed by atoms with E-state index in [1.165, 1.54) is 11.8 Å². The van der Waals surface area contributed by atoms with Crippen molar-refractivity contribution in [2.75, 3.05) is 0 Å². The predicted octanol–water partition coefficient (Wildman–Crippen LogP) is 6.01. The number of aryl methyl sites for hydroxylation is 1. The van der Waals surface area contributed by atoms with E-state index in [-0.39, 0.29) is 4.90 Å². The van der Waals surface area contributed by atoms with Crippen molar-refractivity contribution in [1.29, 1.82) is 0 Å². The molecule has 1 aromatic heterocycles. The van der Waals surface area contributed by atoms with Gasteiger partial charge in [0, 0.05) is 14.9 Å². The van der Waals surface area contributed by atoms with Gasteiger partial charge in [0.1, 0.15) is 5.69 Å². The van der Waals surface area contributed by atoms with Gasteiger partial charge in [0.25, 0.3) is 10.0 Å². The van der Waals surface area contributed by atoms with Gasteiger partial charge >= 0.3 is 0 Å². The normalized spacial score (nSPS) is 11.5. The maximum atomic E-state index is 13.4. The van der Waals surface area contributed by atoms with E-state index in [0.717, 1.165) is 23.9 Å². The van der Waals surface area contributed by atoms with E-state index in [2.05, 4.69) is 21.0 Å². The molecule has 7 heteroatoms. The van der Waals surface area contributed by atoms with E-state index < -0.39 is 10.0 Å². The lowest BCUT2D eigenvalue weighted by Gasteiger charge is -2.11. The van der Waals surface area contributed by atoms with Crippen molar-refractivity contribution in [2.45, 2.75) is 21.6 Å². The molecule has 4 aromatic rings. The molecule has 29 heavy (non-hydrogen) atoms. The first kappa shape index (κ1) is 19.9. The summed E-state index contributed by atoms with van der Waals surface area (Å²) >= 11 is 4.87. The summed E-state index contributed by atoms with van der Waals surface area (Å²) in [7, 11) is -3.86. The first-order chi connectivity index (χ1) is 14.0. The molecule has 0 aliphatic heterocycles. The minimum Gasteiger partial charge on any atom is -0.199 e. The van der Waals surface area contributed by atoms with Crippen LogP contribution in [0.1, 0.15) is 5.69 Å². The van der Waals surface area contributed by atoms with Crippen molar-refractivity contribution >= 4 is 37.7 Å². The fraction of sp³-hybridized carbons (Fsp3) is 0.0455. The summed E-state index contributed by atoms with van der Waals surface area (Å²) in [5, 5.41) is 4.45. The highest BCUT2D eigenvalue weighted by molar-refractivity contribution is 9.10. The van der Waals surface area contributed by atoms with Crippen LogP contribution in [0.2, 0.25) is 0 Å². The zero-order valence-corrected chi connectivity index (χ0v) is 18.7. The first-order valence-corrected chi connectivity index (χ1v) is 11.9. The van der Waals surface area contributed by atoms with Gasteiger partial charge in [-0.25, -0.2) is 0 Å². The Labute approximate surface area is 182 Å². The van der Waals surface area contributed by atoms with Crippen molar-refractivity contribution < 1.29 is 8.42 Å². The van der Waals surface area contributed by atoms with Gasteiger partial charge in [0.15, 0.2) is 0 Å². The van der Waals surface area contributed by atoms with Gasteiger partial charge in [-0.2, -0.15) is 17.6 Å². The van der Waals surface area contributed by atoms with Crippen LogP contribution < -0.4 is 0 Å². The highest BCUT2D eigenvalue weighted by Gasteiger charge is 2.27. The third kappa shape index (κ3) is 4.03. The lowest BCUT2D eigenvalue weighted by atomic mass is 10.1. The van der Waals surface area contributed by atoms with Crippen LogP contribution in [0.25, 0.3) is 11.3 Å². The van der Waals surface area contributed by atoms with Crippen molar-refractivity contribution in [1.82, 2.24) is 9.19 Å². The van der Waals surface area contributed by atoms with E-state index in [1.54, 1.807) is 24.3 Å². The molecule has 0 radical (unpaired) electrons. The molecule has 0 amide bonds. The topological polar surface area (TPSA) is 52.0 Å². The number of halogens is 1. The van der Waals surface area contributed by atoms with Crippen LogP contribution >= 0.6 is 27.7 Å². The Bertz CT molecular complexity index is 1240. The summed E-state index contributed by atoms with van der Waals surface area (Å²) in [5.74, 6) is 0. The Morgan fingerprint density at radius 3 is 2.07 bits per heavy atom. The summed E-state index contributed by atoms with van der Waals surface area (Å²) in [5.41, 5.74) is 2.03. The lowest BCUT2D eigenvalue weighted by Crippen LogP contribution is -2.16. The average molecular weight is 485 g/mol. The summed E-state index contributed by atoms with van der Waals surface area (Å²) in [6.45, 7) is 1.84. The molecular weight excluding hydrogens is 468 g/mol. The summed E-state index contributed by atoms with van der Waals surface area (Å²) in [4.78, 5) is 2.04. The maximum absolute atomic E-state index is 13.4. The van der Waals surface area contributed by atoms with Gasteiger partial charge < -0.3 is 0 Å². The molecule has 0 spiro atoms. The second-order valence-electron chi connectivity index (χ2n) is 6.35. The molecule has 4 nitrogen and oxygen atoms in total. The molecule has 0 N–H and O–H groups in total. The molecule has 3 aromatic carbocycles. The minimum absolute atomic E-state index is 0.191. The standard InChI is InChI=1S/C22H17BrN2O2S2/c1-16-22(28-19-10-6-3-7-11-19)21(17-8-4-2-5-9-17)25(24-16)29(26,27)20-14-12-18(23)13-15-20/h2-15H,1H3. The van der Waals surface area contributed by atoms with Crippen molar-refractivity contribution in [3.63, 3.8) is 0 Å². The fourth-order valence-corrected chi connectivity index (χ4v) is 5.62. The van der Waals surface area contributed by atoms with Crippen LogP contribution in [0, 0.1) is 6.92 Å². The highest BCUT2D eigenvalue weighted by atomic mass is 79.9. The van der Waals surface area contributed by atoms with E-state index in [4.69, 9.17) is 0 Å². The SMILES string of the molecule is Cc1nn(S(=O)(=O)c2ccc(Br)cc2)c(-c2ccccc2)c1Sc1ccccc1. The second kappa shape index (κ2) is 8.18. The molecule has 0 saturated heterocycles. The molecule has 0 fully saturated rings. The highest BCUT2D eigenvalue weighted by Crippen LogP contribution is 2.39. The number of benzene rings is 3. The number of aromatic nitrogens is 2. The third-order valence-corrected chi connectivity index (χ3v) is 7.64. The van der Waals surface area contributed by atoms with Gasteiger partial charge in [-0.15, -0.1) is 0 Å².